The highest BCUT2D eigenvalue weighted by Gasteiger charge is 2.44. The van der Waals surface area contributed by atoms with Crippen LogP contribution in [0.15, 0.2) is 46.1 Å². The number of rotatable bonds is 3. The van der Waals surface area contributed by atoms with E-state index in [4.69, 9.17) is 4.42 Å². The van der Waals surface area contributed by atoms with E-state index in [0.717, 1.165) is 24.0 Å². The van der Waals surface area contributed by atoms with Crippen LogP contribution in [0.5, 0.6) is 0 Å². The van der Waals surface area contributed by atoms with Crippen LogP contribution >= 0.6 is 0 Å². The van der Waals surface area contributed by atoms with Crippen LogP contribution in [-0.4, -0.2) is 11.1 Å². The van der Waals surface area contributed by atoms with Crippen LogP contribution in [-0.2, 0) is 10.3 Å². The van der Waals surface area contributed by atoms with Crippen LogP contribution < -0.4 is 0 Å². The Hall–Kier alpha value is -2.19. The Labute approximate surface area is 98.0 Å². The number of hydrogen-bond acceptors (Lipinski definition) is 4. The standard InChI is InChI=1S/C13H10N2O2/c16-9-15-13(5-6-13)11-3-1-10(2-4-11)12-14-7-8-17-12/h1-4,7-8H,5-6H2. The van der Waals surface area contributed by atoms with Crippen molar-refractivity contribution in [3.63, 3.8) is 0 Å². The van der Waals surface area contributed by atoms with Crippen molar-refractivity contribution in [3.05, 3.63) is 42.3 Å². The molecule has 1 aromatic carbocycles. The van der Waals surface area contributed by atoms with Crippen LogP contribution in [0.3, 0.4) is 0 Å². The van der Waals surface area contributed by atoms with E-state index in [2.05, 4.69) is 9.98 Å². The van der Waals surface area contributed by atoms with Gasteiger partial charge in [0.2, 0.25) is 12.0 Å². The molecule has 0 bridgehead atoms. The Kier molecular flexibility index (Phi) is 2.16. The normalized spacial score (nSPS) is 16.2. The first-order chi connectivity index (χ1) is 8.34. The second-order valence-corrected chi connectivity index (χ2v) is 4.15. The minimum Gasteiger partial charge on any atom is -0.445 e. The Bertz CT molecular complexity index is 562. The number of aliphatic imine (C=N–C) groups is 1. The molecular formula is C13H10N2O2. The third kappa shape index (κ3) is 1.69. The summed E-state index contributed by atoms with van der Waals surface area (Å²) < 4.78 is 5.21. The number of isocyanates is 1. The van der Waals surface area contributed by atoms with E-state index < -0.39 is 0 Å². The lowest BCUT2D eigenvalue weighted by molar-refractivity contribution is 0.556. The summed E-state index contributed by atoms with van der Waals surface area (Å²) in [6.45, 7) is 0. The summed E-state index contributed by atoms with van der Waals surface area (Å²) in [7, 11) is 0. The van der Waals surface area contributed by atoms with Crippen LogP contribution in [0.2, 0.25) is 0 Å². The molecule has 1 aliphatic carbocycles. The lowest BCUT2D eigenvalue weighted by Crippen LogP contribution is -2.01. The van der Waals surface area contributed by atoms with Gasteiger partial charge >= 0.3 is 0 Å². The van der Waals surface area contributed by atoms with Gasteiger partial charge in [-0.1, -0.05) is 12.1 Å². The fraction of sp³-hybridized carbons (Fsp3) is 0.231. The van der Waals surface area contributed by atoms with Crippen molar-refractivity contribution >= 4 is 6.08 Å². The molecule has 4 nitrogen and oxygen atoms in total. The van der Waals surface area contributed by atoms with Crippen molar-refractivity contribution in [2.45, 2.75) is 18.4 Å². The smallest absolute Gasteiger partial charge is 0.235 e. The van der Waals surface area contributed by atoms with Crippen molar-refractivity contribution in [1.82, 2.24) is 4.98 Å². The molecule has 0 aliphatic heterocycles. The number of carbonyl (C=O) groups excluding carboxylic acids is 1. The molecule has 3 rings (SSSR count). The predicted octanol–water partition coefficient (Wildman–Crippen LogP) is 2.67. The average molecular weight is 226 g/mol. The second-order valence-electron chi connectivity index (χ2n) is 4.15. The van der Waals surface area contributed by atoms with Crippen molar-refractivity contribution in [2.75, 3.05) is 0 Å². The highest BCUT2D eigenvalue weighted by molar-refractivity contribution is 5.54. The Morgan fingerprint density at radius 1 is 1.29 bits per heavy atom. The SMILES string of the molecule is O=C=NC1(c2ccc(-c3ncco3)cc2)CC1. The lowest BCUT2D eigenvalue weighted by Gasteiger charge is -2.07. The zero-order valence-electron chi connectivity index (χ0n) is 9.09. The predicted molar refractivity (Wildman–Crippen MR) is 61.0 cm³/mol. The molecule has 84 valence electrons. The number of hydrogen-bond donors (Lipinski definition) is 0. The molecule has 0 saturated heterocycles. The molecule has 1 fully saturated rings. The maximum absolute atomic E-state index is 10.4. The maximum Gasteiger partial charge on any atom is 0.235 e. The lowest BCUT2D eigenvalue weighted by atomic mass is 10.0. The van der Waals surface area contributed by atoms with Gasteiger partial charge in [0.05, 0.1) is 11.7 Å². The summed E-state index contributed by atoms with van der Waals surface area (Å²) in [4.78, 5) is 18.3. The molecule has 0 radical (unpaired) electrons. The molecule has 0 unspecified atom stereocenters. The highest BCUT2D eigenvalue weighted by Crippen LogP contribution is 2.49. The Balaban J connectivity index is 1.93. The van der Waals surface area contributed by atoms with Gasteiger partial charge in [0.15, 0.2) is 0 Å². The number of nitrogens with zero attached hydrogens (tertiary/aromatic N) is 2. The molecular weight excluding hydrogens is 216 g/mol. The summed E-state index contributed by atoms with van der Waals surface area (Å²) >= 11 is 0. The third-order valence-electron chi connectivity index (χ3n) is 3.08. The van der Waals surface area contributed by atoms with Crippen molar-refractivity contribution < 1.29 is 9.21 Å². The zero-order chi connectivity index (χ0) is 11.7. The molecule has 0 amide bonds. The Morgan fingerprint density at radius 2 is 2.06 bits per heavy atom. The maximum atomic E-state index is 10.4. The largest absolute Gasteiger partial charge is 0.445 e. The molecule has 1 heterocycles. The van der Waals surface area contributed by atoms with Gasteiger partial charge in [-0.05, 0) is 30.5 Å². The van der Waals surface area contributed by atoms with Crippen LogP contribution in [0, 0.1) is 0 Å². The van der Waals surface area contributed by atoms with Crippen molar-refractivity contribution in [3.8, 4) is 11.5 Å². The van der Waals surface area contributed by atoms with E-state index in [1.807, 2.05) is 24.3 Å². The fourth-order valence-corrected chi connectivity index (χ4v) is 1.96. The molecule has 1 saturated carbocycles. The first-order valence-electron chi connectivity index (χ1n) is 5.43. The van der Waals surface area contributed by atoms with Gasteiger partial charge in [-0.3, -0.25) is 0 Å². The minimum atomic E-state index is -0.309. The van der Waals surface area contributed by atoms with Crippen LogP contribution in [0.4, 0.5) is 0 Å². The molecule has 4 heteroatoms. The van der Waals surface area contributed by atoms with E-state index in [1.165, 1.54) is 0 Å². The summed E-state index contributed by atoms with van der Waals surface area (Å²) in [5.74, 6) is 0.597. The van der Waals surface area contributed by atoms with Gasteiger partial charge in [0.25, 0.3) is 0 Å². The molecule has 0 N–H and O–H groups in total. The van der Waals surface area contributed by atoms with E-state index in [9.17, 15) is 4.79 Å². The van der Waals surface area contributed by atoms with E-state index >= 15 is 0 Å². The summed E-state index contributed by atoms with van der Waals surface area (Å²) in [5.41, 5.74) is 1.66. The van der Waals surface area contributed by atoms with Gasteiger partial charge in [0.1, 0.15) is 6.26 Å². The number of benzene rings is 1. The van der Waals surface area contributed by atoms with Crippen molar-refractivity contribution in [2.24, 2.45) is 4.99 Å². The second kappa shape index (κ2) is 3.68. The van der Waals surface area contributed by atoms with Crippen molar-refractivity contribution in [1.29, 1.82) is 0 Å². The average Bonchev–Trinajstić information content (AvgIpc) is 2.94. The summed E-state index contributed by atoms with van der Waals surface area (Å²) in [5, 5.41) is 0. The quantitative estimate of drug-likeness (QED) is 0.597. The summed E-state index contributed by atoms with van der Waals surface area (Å²) in [6, 6.07) is 7.80. The molecule has 1 aromatic heterocycles. The molecule has 0 spiro atoms. The molecule has 1 aliphatic rings. The Morgan fingerprint density at radius 3 is 2.59 bits per heavy atom. The van der Waals surface area contributed by atoms with Gasteiger partial charge in [0, 0.05) is 5.56 Å². The van der Waals surface area contributed by atoms with Gasteiger partial charge in [-0.25, -0.2) is 9.78 Å². The van der Waals surface area contributed by atoms with Gasteiger partial charge in [-0.2, -0.15) is 4.99 Å². The van der Waals surface area contributed by atoms with Crippen LogP contribution in [0.1, 0.15) is 18.4 Å². The third-order valence-corrected chi connectivity index (χ3v) is 3.08. The fourth-order valence-electron chi connectivity index (χ4n) is 1.96. The minimum absolute atomic E-state index is 0.309. The first-order valence-corrected chi connectivity index (χ1v) is 5.43. The summed E-state index contributed by atoms with van der Waals surface area (Å²) in [6.07, 6.45) is 6.65. The van der Waals surface area contributed by atoms with E-state index in [1.54, 1.807) is 18.5 Å². The monoisotopic (exact) mass is 226 g/mol. The molecule has 2 aromatic rings. The zero-order valence-corrected chi connectivity index (χ0v) is 9.09. The number of aromatic nitrogens is 1. The van der Waals surface area contributed by atoms with E-state index in [-0.39, 0.29) is 5.54 Å². The van der Waals surface area contributed by atoms with E-state index in [0.29, 0.717) is 5.89 Å². The van der Waals surface area contributed by atoms with Gasteiger partial charge in [-0.15, -0.1) is 0 Å². The first kappa shape index (κ1) is 10.00. The highest BCUT2D eigenvalue weighted by atomic mass is 16.3. The molecule has 0 atom stereocenters. The topological polar surface area (TPSA) is 55.5 Å². The van der Waals surface area contributed by atoms with Gasteiger partial charge < -0.3 is 4.42 Å². The van der Waals surface area contributed by atoms with Crippen LogP contribution in [0.25, 0.3) is 11.5 Å². The number of oxazole rings is 1. The molecule has 17 heavy (non-hydrogen) atoms.